The van der Waals surface area contributed by atoms with Crippen LogP contribution in [0.1, 0.15) is 12.8 Å². The molecule has 1 fully saturated rings. The van der Waals surface area contributed by atoms with E-state index in [4.69, 9.17) is 5.53 Å². The molecule has 1 aliphatic heterocycles. The summed E-state index contributed by atoms with van der Waals surface area (Å²) in [6, 6.07) is 2.34. The van der Waals surface area contributed by atoms with E-state index in [2.05, 4.69) is 26.3 Å². The van der Waals surface area contributed by atoms with Gasteiger partial charge in [-0.05, 0) is 32.0 Å². The maximum absolute atomic E-state index is 9.17. The Hall–Kier alpha value is -1.28. The van der Waals surface area contributed by atoms with Crippen LogP contribution in [0.15, 0.2) is 5.11 Å². The van der Waals surface area contributed by atoms with Gasteiger partial charge in [-0.25, -0.2) is 0 Å². The Balaban J connectivity index is 2.45. The summed E-state index contributed by atoms with van der Waals surface area (Å²) >= 11 is 0. The normalized spacial score (nSPS) is 26.7. The van der Waals surface area contributed by atoms with Gasteiger partial charge in [0.15, 0.2) is 0 Å². The minimum absolute atomic E-state index is 0.393. The van der Waals surface area contributed by atoms with Crippen molar-refractivity contribution < 1.29 is 0 Å². The molecular formula is C9H16N6. The topological polar surface area (TPSA) is 87.8 Å². The average Bonchev–Trinajstić information content (AvgIpc) is 2.25. The van der Waals surface area contributed by atoms with Gasteiger partial charge in [0.25, 0.3) is 0 Å². The van der Waals surface area contributed by atoms with Crippen LogP contribution in [-0.4, -0.2) is 43.7 Å². The summed E-state index contributed by atoms with van der Waals surface area (Å²) in [5.74, 6) is 0. The maximum Gasteiger partial charge on any atom is 0.119 e. The number of rotatable bonds is 4. The number of piperidine rings is 1. The lowest BCUT2D eigenvalue weighted by Gasteiger charge is -2.36. The van der Waals surface area contributed by atoms with E-state index in [-0.39, 0.29) is 0 Å². The number of hydrogen-bond acceptors (Lipinski definition) is 4. The number of likely N-dealkylation sites (N-methyl/N-ethyl adjacent to an activating group) is 1. The van der Waals surface area contributed by atoms with Crippen molar-refractivity contribution in [2.45, 2.75) is 18.4 Å². The highest BCUT2D eigenvalue weighted by Gasteiger charge is 2.33. The Morgan fingerprint density at radius 2 is 2.53 bits per heavy atom. The second-order valence-corrected chi connectivity index (χ2v) is 3.92. The molecule has 0 aromatic rings. The maximum atomic E-state index is 9.17. The summed E-state index contributed by atoms with van der Waals surface area (Å²) in [4.78, 5) is 4.82. The molecular weight excluding hydrogens is 192 g/mol. The highest BCUT2D eigenvalue weighted by atomic mass is 15.2. The van der Waals surface area contributed by atoms with Gasteiger partial charge in [0.05, 0.1) is 6.07 Å². The molecule has 1 unspecified atom stereocenters. The van der Waals surface area contributed by atoms with Crippen LogP contribution in [0.5, 0.6) is 0 Å². The van der Waals surface area contributed by atoms with E-state index in [1.807, 2.05) is 7.05 Å². The van der Waals surface area contributed by atoms with Crippen molar-refractivity contribution in [1.82, 2.24) is 10.2 Å². The summed E-state index contributed by atoms with van der Waals surface area (Å²) in [5.41, 5.74) is 7.66. The molecule has 0 aliphatic carbocycles. The van der Waals surface area contributed by atoms with Gasteiger partial charge in [0.1, 0.15) is 5.54 Å². The van der Waals surface area contributed by atoms with Crippen LogP contribution < -0.4 is 5.32 Å². The van der Waals surface area contributed by atoms with Crippen molar-refractivity contribution in [3.8, 4) is 6.07 Å². The van der Waals surface area contributed by atoms with E-state index >= 15 is 0 Å². The number of nitrogens with one attached hydrogen (secondary N) is 1. The summed E-state index contributed by atoms with van der Waals surface area (Å²) in [6.45, 7) is 2.73. The third-order valence-electron chi connectivity index (χ3n) is 2.64. The van der Waals surface area contributed by atoms with Gasteiger partial charge in [0.2, 0.25) is 0 Å². The van der Waals surface area contributed by atoms with E-state index in [1.54, 1.807) is 0 Å². The zero-order valence-corrected chi connectivity index (χ0v) is 8.98. The fourth-order valence-corrected chi connectivity index (χ4v) is 1.93. The standard InChI is InChI=1S/C9H16N6/c1-15-6-2-3-9(7-10,8-15)12-4-5-13-14-11/h12H,2-6,8H2,1H3. The Labute approximate surface area is 89.5 Å². The van der Waals surface area contributed by atoms with Gasteiger partial charge < -0.3 is 4.90 Å². The second-order valence-electron chi connectivity index (χ2n) is 3.92. The van der Waals surface area contributed by atoms with Gasteiger partial charge in [-0.3, -0.25) is 5.32 Å². The van der Waals surface area contributed by atoms with Crippen LogP contribution in [0.3, 0.4) is 0 Å². The van der Waals surface area contributed by atoms with Crippen molar-refractivity contribution in [3.05, 3.63) is 10.4 Å². The fourth-order valence-electron chi connectivity index (χ4n) is 1.93. The fraction of sp³-hybridized carbons (Fsp3) is 0.889. The number of nitriles is 1. The van der Waals surface area contributed by atoms with Crippen molar-refractivity contribution in [2.75, 3.05) is 33.2 Å². The third kappa shape index (κ3) is 3.40. The van der Waals surface area contributed by atoms with Crippen LogP contribution in [0.2, 0.25) is 0 Å². The van der Waals surface area contributed by atoms with E-state index in [0.717, 1.165) is 25.9 Å². The van der Waals surface area contributed by atoms with Crippen molar-refractivity contribution in [2.24, 2.45) is 5.11 Å². The summed E-state index contributed by atoms with van der Waals surface area (Å²) in [5, 5.41) is 15.8. The largest absolute Gasteiger partial charge is 0.303 e. The predicted octanol–water partition coefficient (Wildman–Crippen LogP) is 0.874. The second kappa shape index (κ2) is 5.56. The average molecular weight is 208 g/mol. The smallest absolute Gasteiger partial charge is 0.119 e. The first-order chi connectivity index (χ1) is 7.22. The van der Waals surface area contributed by atoms with Crippen molar-refractivity contribution in [1.29, 1.82) is 5.26 Å². The van der Waals surface area contributed by atoms with E-state index in [1.165, 1.54) is 0 Å². The van der Waals surface area contributed by atoms with Gasteiger partial charge >= 0.3 is 0 Å². The molecule has 0 bridgehead atoms. The highest BCUT2D eigenvalue weighted by molar-refractivity contribution is 5.10. The van der Waals surface area contributed by atoms with Gasteiger partial charge in [-0.15, -0.1) is 0 Å². The lowest BCUT2D eigenvalue weighted by Crippen LogP contribution is -2.55. The van der Waals surface area contributed by atoms with Gasteiger partial charge in [-0.1, -0.05) is 5.11 Å². The molecule has 1 atom stereocenters. The first-order valence-electron chi connectivity index (χ1n) is 5.08. The Morgan fingerprint density at radius 3 is 3.13 bits per heavy atom. The number of hydrogen-bond donors (Lipinski definition) is 1. The molecule has 0 radical (unpaired) electrons. The first kappa shape index (κ1) is 11.8. The highest BCUT2D eigenvalue weighted by Crippen LogP contribution is 2.19. The lowest BCUT2D eigenvalue weighted by atomic mass is 9.91. The minimum atomic E-state index is -0.460. The third-order valence-corrected chi connectivity index (χ3v) is 2.64. The number of likely N-dealkylation sites (tertiary alicyclic amines) is 1. The van der Waals surface area contributed by atoms with E-state index in [9.17, 15) is 5.26 Å². The lowest BCUT2D eigenvalue weighted by molar-refractivity contribution is 0.186. The first-order valence-corrected chi connectivity index (χ1v) is 5.08. The SMILES string of the molecule is CN1CCCC(C#N)(NCCN=[N+]=[N-])C1. The molecule has 1 N–H and O–H groups in total. The Morgan fingerprint density at radius 1 is 1.73 bits per heavy atom. The molecule has 82 valence electrons. The van der Waals surface area contributed by atoms with Crippen LogP contribution >= 0.6 is 0 Å². The molecule has 15 heavy (non-hydrogen) atoms. The molecule has 0 aromatic heterocycles. The van der Waals surface area contributed by atoms with Crippen molar-refractivity contribution >= 4 is 0 Å². The monoisotopic (exact) mass is 208 g/mol. The van der Waals surface area contributed by atoms with E-state index < -0.39 is 5.54 Å². The molecule has 1 saturated heterocycles. The van der Waals surface area contributed by atoms with Gasteiger partial charge in [-0.2, -0.15) is 5.26 Å². The molecule has 1 rings (SSSR count). The zero-order valence-electron chi connectivity index (χ0n) is 8.98. The molecule has 0 amide bonds. The summed E-state index contributed by atoms with van der Waals surface area (Å²) in [7, 11) is 2.01. The summed E-state index contributed by atoms with van der Waals surface area (Å²) in [6.07, 6.45) is 1.89. The minimum Gasteiger partial charge on any atom is -0.303 e. The molecule has 1 aliphatic rings. The quantitative estimate of drug-likeness (QED) is 0.322. The van der Waals surface area contributed by atoms with Crippen molar-refractivity contribution in [3.63, 3.8) is 0 Å². The summed E-state index contributed by atoms with van der Waals surface area (Å²) < 4.78 is 0. The number of azide groups is 1. The molecule has 6 nitrogen and oxygen atoms in total. The predicted molar refractivity (Wildman–Crippen MR) is 57.1 cm³/mol. The molecule has 0 aromatic carbocycles. The van der Waals surface area contributed by atoms with Crippen LogP contribution in [0.4, 0.5) is 0 Å². The zero-order chi connectivity index (χ0) is 11.1. The Bertz CT molecular complexity index is 289. The van der Waals surface area contributed by atoms with Gasteiger partial charge in [0, 0.05) is 24.5 Å². The molecule has 6 heteroatoms. The molecule has 1 heterocycles. The van der Waals surface area contributed by atoms with Crippen LogP contribution in [-0.2, 0) is 0 Å². The molecule has 0 saturated carbocycles. The Kier molecular flexibility index (Phi) is 4.37. The van der Waals surface area contributed by atoms with E-state index in [0.29, 0.717) is 13.1 Å². The number of nitrogens with zero attached hydrogens (tertiary/aromatic N) is 5. The molecule has 0 spiro atoms. The van der Waals surface area contributed by atoms with Crippen LogP contribution in [0.25, 0.3) is 10.4 Å². The van der Waals surface area contributed by atoms with Crippen LogP contribution in [0, 0.1) is 11.3 Å².